The van der Waals surface area contributed by atoms with Crippen LogP contribution in [0.3, 0.4) is 0 Å². The molecule has 8 nitrogen and oxygen atoms in total. The van der Waals surface area contributed by atoms with Gasteiger partial charge in [-0.25, -0.2) is 9.97 Å². The monoisotopic (exact) mass is 416 g/mol. The number of carbonyl (C=O) groups is 2. The first-order valence-corrected chi connectivity index (χ1v) is 7.97. The van der Waals surface area contributed by atoms with E-state index < -0.39 is 11.9 Å². The van der Waals surface area contributed by atoms with E-state index in [0.717, 1.165) is 0 Å². The SMILES string of the molecule is O=C([O-])c1ccc2cccc(O)c2n1.O=C([O-])c1ccc2cccc(O)c2n1.[Ca+2]. The summed E-state index contributed by atoms with van der Waals surface area (Å²) in [6.45, 7) is 0. The number of phenolic OH excluding ortho intramolecular Hbond substituents is 2. The van der Waals surface area contributed by atoms with Gasteiger partial charge in [-0.1, -0.05) is 36.4 Å². The molecule has 0 fully saturated rings. The molecule has 0 radical (unpaired) electrons. The van der Waals surface area contributed by atoms with E-state index in [1.807, 2.05) is 0 Å². The fourth-order valence-corrected chi connectivity index (χ4v) is 2.49. The van der Waals surface area contributed by atoms with Crippen molar-refractivity contribution < 1.29 is 30.0 Å². The molecule has 140 valence electrons. The Morgan fingerprint density at radius 2 is 1.03 bits per heavy atom. The molecule has 0 aliphatic heterocycles. The van der Waals surface area contributed by atoms with Gasteiger partial charge >= 0.3 is 37.7 Å². The Bertz CT molecular complexity index is 1120. The normalized spacial score (nSPS) is 9.93. The smallest absolute Gasteiger partial charge is 0.543 e. The number of nitrogens with zero attached hydrogens (tertiary/aromatic N) is 2. The fourth-order valence-electron chi connectivity index (χ4n) is 2.49. The van der Waals surface area contributed by atoms with E-state index in [9.17, 15) is 30.0 Å². The number of pyridine rings is 2. The predicted octanol–water partition coefficient (Wildman–Crippen LogP) is 0.227. The van der Waals surface area contributed by atoms with E-state index in [4.69, 9.17) is 0 Å². The molecule has 0 saturated carbocycles. The number of benzene rings is 2. The van der Waals surface area contributed by atoms with Crippen LogP contribution in [0.4, 0.5) is 0 Å². The maximum atomic E-state index is 10.5. The Labute approximate surface area is 194 Å². The second-order valence-corrected chi connectivity index (χ2v) is 5.67. The van der Waals surface area contributed by atoms with Crippen LogP contribution in [-0.2, 0) is 0 Å². The number of fused-ring (bicyclic) bond motifs is 2. The van der Waals surface area contributed by atoms with Gasteiger partial charge in [-0.3, -0.25) is 0 Å². The molecule has 0 unspecified atom stereocenters. The van der Waals surface area contributed by atoms with Gasteiger partial charge in [-0.05, 0) is 24.3 Å². The zero-order valence-electron chi connectivity index (χ0n) is 14.9. The number of aromatic nitrogens is 2. The Morgan fingerprint density at radius 1 is 0.655 bits per heavy atom. The summed E-state index contributed by atoms with van der Waals surface area (Å²) < 4.78 is 0. The zero-order chi connectivity index (χ0) is 20.3. The predicted molar refractivity (Wildman–Crippen MR) is 101 cm³/mol. The maximum absolute atomic E-state index is 10.5. The van der Waals surface area contributed by atoms with Crippen LogP contribution in [0.15, 0.2) is 60.7 Å². The van der Waals surface area contributed by atoms with Gasteiger partial charge in [0.25, 0.3) is 0 Å². The van der Waals surface area contributed by atoms with E-state index >= 15 is 0 Å². The van der Waals surface area contributed by atoms with E-state index in [0.29, 0.717) is 10.8 Å². The van der Waals surface area contributed by atoms with E-state index in [2.05, 4.69) is 9.97 Å². The molecular formula is C20H12CaN2O6. The average Bonchev–Trinajstić information content (AvgIpc) is 2.68. The Balaban J connectivity index is 0.000000200. The minimum Gasteiger partial charge on any atom is -0.543 e. The average molecular weight is 416 g/mol. The molecule has 0 bridgehead atoms. The van der Waals surface area contributed by atoms with Crippen molar-refractivity contribution in [3.8, 4) is 11.5 Å². The summed E-state index contributed by atoms with van der Waals surface area (Å²) in [5.41, 5.74) is 0.182. The molecular weight excluding hydrogens is 404 g/mol. The molecule has 4 rings (SSSR count). The van der Waals surface area contributed by atoms with Crippen LogP contribution in [0, 0.1) is 0 Å². The van der Waals surface area contributed by atoms with Gasteiger partial charge in [-0.15, -0.1) is 0 Å². The van der Waals surface area contributed by atoms with Crippen molar-refractivity contribution in [2.75, 3.05) is 0 Å². The Kier molecular flexibility index (Phi) is 7.33. The fraction of sp³-hybridized carbons (Fsp3) is 0. The molecule has 2 aromatic heterocycles. The molecule has 2 N–H and O–H groups in total. The number of phenols is 2. The van der Waals surface area contributed by atoms with Crippen molar-refractivity contribution >= 4 is 71.5 Å². The standard InChI is InChI=1S/2C10H7NO3.Ca/c2*12-8-3-1-2-6-4-5-7(10(13)14)11-9(6)8;/h2*1-5,12H,(H,13,14);/q;;+2/p-2. The van der Waals surface area contributed by atoms with Crippen molar-refractivity contribution in [1.82, 2.24) is 9.97 Å². The number of rotatable bonds is 2. The molecule has 2 aromatic carbocycles. The number of aromatic carboxylic acids is 2. The first-order valence-electron chi connectivity index (χ1n) is 7.97. The van der Waals surface area contributed by atoms with Crippen LogP contribution in [0.25, 0.3) is 21.8 Å². The number of hydrogen-bond donors (Lipinski definition) is 2. The van der Waals surface area contributed by atoms with E-state index in [1.54, 1.807) is 36.4 Å². The summed E-state index contributed by atoms with van der Waals surface area (Å²) in [4.78, 5) is 28.5. The summed E-state index contributed by atoms with van der Waals surface area (Å²) in [7, 11) is 0. The summed E-state index contributed by atoms with van der Waals surface area (Å²) >= 11 is 0. The van der Waals surface area contributed by atoms with Gasteiger partial charge in [0.05, 0.1) is 23.3 Å². The molecule has 0 aliphatic carbocycles. The third-order valence-corrected chi connectivity index (χ3v) is 3.82. The molecule has 9 heteroatoms. The van der Waals surface area contributed by atoms with Gasteiger partial charge in [0.1, 0.15) is 22.5 Å². The van der Waals surface area contributed by atoms with Gasteiger partial charge in [-0.2, -0.15) is 0 Å². The van der Waals surface area contributed by atoms with Gasteiger partial charge in [0.2, 0.25) is 0 Å². The van der Waals surface area contributed by atoms with Gasteiger partial charge in [0.15, 0.2) is 0 Å². The third-order valence-electron chi connectivity index (χ3n) is 3.82. The Hall–Kier alpha value is -2.94. The summed E-state index contributed by atoms with van der Waals surface area (Å²) in [5.74, 6) is -2.78. The number of carboxylic acids is 2. The van der Waals surface area contributed by atoms with Crippen molar-refractivity contribution in [3.05, 3.63) is 72.1 Å². The number of carbonyl (C=O) groups excluding carboxylic acids is 2. The number of para-hydroxylation sites is 2. The van der Waals surface area contributed by atoms with E-state index in [-0.39, 0.29) is 71.7 Å². The maximum Gasteiger partial charge on any atom is 2.00 e. The Morgan fingerprint density at radius 3 is 1.38 bits per heavy atom. The largest absolute Gasteiger partial charge is 2.00 e. The van der Waals surface area contributed by atoms with Crippen LogP contribution < -0.4 is 10.2 Å². The first-order chi connectivity index (χ1) is 13.4. The second-order valence-electron chi connectivity index (χ2n) is 5.67. The topological polar surface area (TPSA) is 146 Å². The van der Waals surface area contributed by atoms with Crippen molar-refractivity contribution in [1.29, 1.82) is 0 Å². The number of carboxylic acid groups (broad SMARTS) is 2. The van der Waals surface area contributed by atoms with Crippen LogP contribution in [0.5, 0.6) is 11.5 Å². The van der Waals surface area contributed by atoms with Crippen molar-refractivity contribution in [2.45, 2.75) is 0 Å². The molecule has 2 heterocycles. The molecule has 0 atom stereocenters. The van der Waals surface area contributed by atoms with Gasteiger partial charge < -0.3 is 30.0 Å². The molecule has 0 saturated heterocycles. The third kappa shape index (κ3) is 5.11. The molecule has 0 spiro atoms. The first kappa shape index (κ1) is 22.3. The number of hydrogen-bond acceptors (Lipinski definition) is 8. The van der Waals surface area contributed by atoms with Crippen molar-refractivity contribution in [3.63, 3.8) is 0 Å². The summed E-state index contributed by atoms with van der Waals surface area (Å²) in [6.07, 6.45) is 0. The molecule has 0 amide bonds. The second kappa shape index (κ2) is 9.51. The molecule has 4 aromatic rings. The quantitative estimate of drug-likeness (QED) is 0.441. The zero-order valence-corrected chi connectivity index (χ0v) is 17.1. The van der Waals surface area contributed by atoms with E-state index in [1.165, 1.54) is 24.3 Å². The van der Waals surface area contributed by atoms with Crippen LogP contribution in [-0.4, -0.2) is 69.9 Å². The molecule has 0 aliphatic rings. The van der Waals surface area contributed by atoms with Crippen LogP contribution in [0.2, 0.25) is 0 Å². The minimum absolute atomic E-state index is 0. The van der Waals surface area contributed by atoms with Gasteiger partial charge in [0, 0.05) is 10.8 Å². The summed E-state index contributed by atoms with van der Waals surface area (Å²) in [6, 6.07) is 15.6. The minimum atomic E-state index is -1.35. The molecule has 29 heavy (non-hydrogen) atoms. The number of aromatic hydroxyl groups is 2. The van der Waals surface area contributed by atoms with Crippen molar-refractivity contribution in [2.24, 2.45) is 0 Å². The van der Waals surface area contributed by atoms with Crippen LogP contribution in [0.1, 0.15) is 21.0 Å². The van der Waals surface area contributed by atoms with Crippen LogP contribution >= 0.6 is 0 Å². The summed E-state index contributed by atoms with van der Waals surface area (Å²) in [5, 5.41) is 41.2.